The van der Waals surface area contributed by atoms with Crippen LogP contribution in [0.25, 0.3) is 0 Å². The molecule has 0 aliphatic rings. The lowest BCUT2D eigenvalue weighted by Crippen LogP contribution is -2.20. The first kappa shape index (κ1) is 17.0. The number of hydrogen-bond donors (Lipinski definition) is 1. The van der Waals surface area contributed by atoms with Crippen molar-refractivity contribution >= 4 is 15.7 Å². The Morgan fingerprint density at radius 3 is 2.30 bits per heavy atom. The van der Waals surface area contributed by atoms with Crippen molar-refractivity contribution in [3.05, 3.63) is 59.9 Å². The molecule has 0 aliphatic heterocycles. The van der Waals surface area contributed by atoms with Crippen LogP contribution in [0.2, 0.25) is 0 Å². The first-order valence-corrected chi connectivity index (χ1v) is 8.45. The molecule has 0 aliphatic carbocycles. The summed E-state index contributed by atoms with van der Waals surface area (Å²) >= 11 is 0. The third-order valence-corrected chi connectivity index (χ3v) is 4.26. The van der Waals surface area contributed by atoms with Gasteiger partial charge in [-0.15, -0.1) is 0 Å². The summed E-state index contributed by atoms with van der Waals surface area (Å²) in [6, 6.07) is 11.7. The van der Waals surface area contributed by atoms with Crippen molar-refractivity contribution in [2.24, 2.45) is 5.10 Å². The van der Waals surface area contributed by atoms with Gasteiger partial charge in [0.25, 0.3) is 10.0 Å². The first-order valence-electron chi connectivity index (χ1n) is 6.97. The maximum Gasteiger partial charge on any atom is 0.276 e. The molecule has 0 heterocycles. The first-order chi connectivity index (χ1) is 10.9. The predicted molar refractivity (Wildman–Crippen MR) is 86.5 cm³/mol. The Balaban J connectivity index is 2.14. The van der Waals surface area contributed by atoms with Gasteiger partial charge in [-0.1, -0.05) is 12.1 Å². The summed E-state index contributed by atoms with van der Waals surface area (Å²) in [5, 5.41) is 3.86. The predicted octanol–water partition coefficient (Wildman–Crippen LogP) is 2.93. The number of benzene rings is 2. The minimum absolute atomic E-state index is 0.0802. The van der Waals surface area contributed by atoms with Gasteiger partial charge in [-0.2, -0.15) is 18.4 Å². The molecule has 2 rings (SSSR count). The molecule has 1 N–H and O–H groups in total. The molecule has 0 radical (unpaired) electrons. The molecule has 2 aromatic rings. The minimum atomic E-state index is -3.77. The Kier molecular flexibility index (Phi) is 5.33. The Morgan fingerprint density at radius 2 is 1.74 bits per heavy atom. The molecule has 122 valence electrons. The summed E-state index contributed by atoms with van der Waals surface area (Å²) in [6.45, 7) is 3.98. The highest BCUT2D eigenvalue weighted by atomic mass is 32.2. The van der Waals surface area contributed by atoms with Gasteiger partial charge < -0.3 is 4.74 Å². The number of hydrazone groups is 1. The number of hydrogen-bond acceptors (Lipinski definition) is 4. The van der Waals surface area contributed by atoms with E-state index in [1.807, 2.05) is 6.92 Å². The monoisotopic (exact) mass is 336 g/mol. The summed E-state index contributed by atoms with van der Waals surface area (Å²) in [4.78, 5) is 2.25. The van der Waals surface area contributed by atoms with E-state index < -0.39 is 10.0 Å². The van der Waals surface area contributed by atoms with E-state index in [9.17, 15) is 12.8 Å². The van der Waals surface area contributed by atoms with E-state index in [1.165, 1.54) is 36.4 Å². The second-order valence-corrected chi connectivity index (χ2v) is 6.36. The molecule has 0 saturated heterocycles. The average Bonchev–Trinajstić information content (AvgIpc) is 2.54. The van der Waals surface area contributed by atoms with Crippen LogP contribution in [0.3, 0.4) is 0 Å². The van der Waals surface area contributed by atoms with E-state index in [2.05, 4.69) is 9.93 Å². The van der Waals surface area contributed by atoms with Gasteiger partial charge in [0.2, 0.25) is 0 Å². The van der Waals surface area contributed by atoms with Gasteiger partial charge in [0, 0.05) is 0 Å². The molecule has 0 bridgehead atoms. The number of nitrogens with one attached hydrogen (secondary N) is 1. The average molecular weight is 336 g/mol. The second-order valence-electron chi connectivity index (χ2n) is 4.70. The summed E-state index contributed by atoms with van der Waals surface area (Å²) < 4.78 is 42.5. The van der Waals surface area contributed by atoms with Crippen LogP contribution in [0, 0.1) is 5.82 Å². The van der Waals surface area contributed by atoms with Crippen LogP contribution < -0.4 is 9.57 Å². The smallest absolute Gasteiger partial charge is 0.276 e. The van der Waals surface area contributed by atoms with Gasteiger partial charge in [-0.25, -0.2) is 4.39 Å². The Labute approximate surface area is 134 Å². The van der Waals surface area contributed by atoms with Crippen molar-refractivity contribution in [2.75, 3.05) is 6.61 Å². The van der Waals surface area contributed by atoms with Crippen molar-refractivity contribution in [1.29, 1.82) is 0 Å². The fourth-order valence-corrected chi connectivity index (χ4v) is 2.68. The number of halogens is 1. The molecule has 0 aromatic heterocycles. The van der Waals surface area contributed by atoms with Crippen molar-refractivity contribution in [2.45, 2.75) is 18.7 Å². The maximum atomic E-state index is 12.9. The number of ether oxygens (including phenoxy) is 1. The van der Waals surface area contributed by atoms with E-state index in [4.69, 9.17) is 4.74 Å². The number of rotatable bonds is 6. The molecule has 0 fully saturated rings. The topological polar surface area (TPSA) is 67.8 Å². The molecule has 0 saturated carbocycles. The molecule has 7 heteroatoms. The molecule has 5 nitrogen and oxygen atoms in total. The molecule has 2 aromatic carbocycles. The van der Waals surface area contributed by atoms with E-state index >= 15 is 0 Å². The van der Waals surface area contributed by atoms with Gasteiger partial charge in [-0.05, 0) is 55.8 Å². The van der Waals surface area contributed by atoms with Gasteiger partial charge in [-0.3, -0.25) is 0 Å². The van der Waals surface area contributed by atoms with Crippen molar-refractivity contribution in [1.82, 2.24) is 4.83 Å². The third-order valence-electron chi connectivity index (χ3n) is 3.04. The highest BCUT2D eigenvalue weighted by Crippen LogP contribution is 2.16. The minimum Gasteiger partial charge on any atom is -0.494 e. The Morgan fingerprint density at radius 1 is 1.13 bits per heavy atom. The van der Waals surface area contributed by atoms with Crippen LogP contribution in [-0.2, 0) is 10.0 Å². The van der Waals surface area contributed by atoms with E-state index in [0.29, 0.717) is 23.6 Å². The maximum absolute atomic E-state index is 12.9. The lowest BCUT2D eigenvalue weighted by atomic mass is 10.1. The summed E-state index contributed by atoms with van der Waals surface area (Å²) in [7, 11) is -3.77. The van der Waals surface area contributed by atoms with E-state index in [1.54, 1.807) is 19.1 Å². The summed E-state index contributed by atoms with van der Waals surface area (Å²) in [5.74, 6) is 0.231. The molecular weight excluding hydrogens is 319 g/mol. The van der Waals surface area contributed by atoms with Gasteiger partial charge >= 0.3 is 0 Å². The molecule has 0 spiro atoms. The number of sulfonamides is 1. The van der Waals surface area contributed by atoms with Crippen LogP contribution in [-0.4, -0.2) is 20.7 Å². The largest absolute Gasteiger partial charge is 0.494 e. The third kappa shape index (κ3) is 4.53. The van der Waals surface area contributed by atoms with Crippen LogP contribution in [0.15, 0.2) is 58.5 Å². The van der Waals surface area contributed by atoms with Gasteiger partial charge in [0.1, 0.15) is 11.6 Å². The normalized spacial score (nSPS) is 12.0. The molecule has 23 heavy (non-hydrogen) atoms. The fraction of sp³-hybridized carbons (Fsp3) is 0.188. The van der Waals surface area contributed by atoms with Crippen LogP contribution in [0.1, 0.15) is 19.4 Å². The summed E-state index contributed by atoms with van der Waals surface area (Å²) in [5.41, 5.74) is 1.06. The van der Waals surface area contributed by atoms with Crippen molar-refractivity contribution in [3.8, 4) is 5.75 Å². The van der Waals surface area contributed by atoms with E-state index in [-0.39, 0.29) is 10.7 Å². The number of nitrogens with zero attached hydrogens (tertiary/aromatic N) is 1. The highest BCUT2D eigenvalue weighted by Gasteiger charge is 2.13. The standard InChI is InChI=1S/C16H17FN2O3S/c1-3-22-15-8-10-16(11-9-15)23(20,21)19-18-12(2)13-4-6-14(17)7-5-13/h4-11,19H,3H2,1-2H3/b18-12-. The van der Waals surface area contributed by atoms with Crippen molar-refractivity contribution < 1.29 is 17.5 Å². The van der Waals surface area contributed by atoms with Crippen LogP contribution >= 0.6 is 0 Å². The zero-order valence-corrected chi connectivity index (χ0v) is 13.6. The van der Waals surface area contributed by atoms with E-state index in [0.717, 1.165) is 0 Å². The van der Waals surface area contributed by atoms with Crippen LogP contribution in [0.5, 0.6) is 5.75 Å². The summed E-state index contributed by atoms with van der Waals surface area (Å²) in [6.07, 6.45) is 0. The quantitative estimate of drug-likeness (QED) is 0.651. The molecule has 0 unspecified atom stereocenters. The SMILES string of the molecule is CCOc1ccc(S(=O)(=O)N/N=C(/C)c2ccc(F)cc2)cc1. The highest BCUT2D eigenvalue weighted by molar-refractivity contribution is 7.89. The van der Waals surface area contributed by atoms with Gasteiger partial charge in [0.05, 0.1) is 17.2 Å². The van der Waals surface area contributed by atoms with Gasteiger partial charge in [0.15, 0.2) is 0 Å². The lowest BCUT2D eigenvalue weighted by Gasteiger charge is -2.07. The Hall–Kier alpha value is -2.41. The van der Waals surface area contributed by atoms with Crippen molar-refractivity contribution in [3.63, 3.8) is 0 Å². The Bertz CT molecular complexity index is 785. The molecule has 0 amide bonds. The molecular formula is C16H17FN2O3S. The molecule has 0 atom stereocenters. The lowest BCUT2D eigenvalue weighted by molar-refractivity contribution is 0.340. The second kappa shape index (κ2) is 7.23. The zero-order valence-electron chi connectivity index (χ0n) is 12.8. The fourth-order valence-electron chi connectivity index (χ4n) is 1.82. The zero-order chi connectivity index (χ0) is 16.9. The van der Waals surface area contributed by atoms with Crippen LogP contribution in [0.4, 0.5) is 4.39 Å².